The van der Waals surface area contributed by atoms with Crippen molar-refractivity contribution < 1.29 is 0 Å². The number of hydrogen-bond acceptors (Lipinski definition) is 4. The zero-order chi connectivity index (χ0) is 23.0. The second-order valence-corrected chi connectivity index (χ2v) is 8.49. The van der Waals surface area contributed by atoms with Gasteiger partial charge in [0.05, 0.1) is 5.52 Å². The number of hydrogen-bond donors (Lipinski definition) is 3. The van der Waals surface area contributed by atoms with Gasteiger partial charge in [-0.15, -0.1) is 0 Å². The van der Waals surface area contributed by atoms with E-state index >= 15 is 0 Å². The molecule has 4 aromatic rings. The summed E-state index contributed by atoms with van der Waals surface area (Å²) in [6.07, 6.45) is 6.32. The van der Waals surface area contributed by atoms with Crippen LogP contribution in [-0.2, 0) is 0 Å². The fourth-order valence-electron chi connectivity index (χ4n) is 4.23. The van der Waals surface area contributed by atoms with Crippen LogP contribution in [0, 0.1) is 11.8 Å². The van der Waals surface area contributed by atoms with Crippen LogP contribution in [0.15, 0.2) is 48.5 Å². The first-order valence-electron chi connectivity index (χ1n) is 12.1. The average Bonchev–Trinajstić information content (AvgIpc) is 3.29. The van der Waals surface area contributed by atoms with Crippen LogP contribution in [-0.4, -0.2) is 21.5 Å². The number of anilines is 2. The molecule has 0 bridgehead atoms. The fourth-order valence-corrected chi connectivity index (χ4v) is 4.23. The molecule has 33 heavy (non-hydrogen) atoms. The van der Waals surface area contributed by atoms with Crippen molar-refractivity contribution >= 4 is 33.4 Å². The molecule has 0 saturated heterocycles. The van der Waals surface area contributed by atoms with E-state index in [1.54, 1.807) is 0 Å². The number of unbranched alkanes of at least 4 members (excludes halogenated alkanes) is 1. The minimum absolute atomic E-state index is 0.441. The zero-order valence-electron chi connectivity index (χ0n) is 19.6. The van der Waals surface area contributed by atoms with E-state index in [0.29, 0.717) is 12.5 Å². The molecule has 5 heteroatoms. The Kier molecular flexibility index (Phi) is 7.59. The van der Waals surface area contributed by atoms with Crippen molar-refractivity contribution in [2.24, 2.45) is 5.73 Å². The SMILES string of the molecule is CCCC(CCC)c1nc2c([nH]1)c(Nc1ccc(C#CCCCN)cc1)nc1ccccc12. The maximum Gasteiger partial charge on any atom is 0.157 e. The number of nitrogens with zero attached hydrogens (tertiary/aromatic N) is 2. The summed E-state index contributed by atoms with van der Waals surface area (Å²) < 4.78 is 0. The smallest absolute Gasteiger partial charge is 0.157 e. The van der Waals surface area contributed by atoms with Crippen molar-refractivity contribution in [3.05, 3.63) is 59.9 Å². The number of nitrogens with two attached hydrogens (primary N) is 1. The third-order valence-electron chi connectivity index (χ3n) is 5.90. The Morgan fingerprint density at radius 3 is 2.48 bits per heavy atom. The average molecular weight is 440 g/mol. The standard InChI is InChI=1S/C28H33N5/c1-3-10-21(11-4-2)27-32-25-23-13-7-8-14-24(23)31-28(26(25)33-27)30-22-17-15-20(16-18-22)12-6-5-9-19-29/h7-8,13-18,21H,3-5,9-11,19,29H2,1-2H3,(H,30,31)(H,32,33). The number of nitrogens with one attached hydrogen (secondary N) is 2. The van der Waals surface area contributed by atoms with Crippen LogP contribution in [0.1, 0.15) is 69.7 Å². The van der Waals surface area contributed by atoms with Gasteiger partial charge in [-0.2, -0.15) is 0 Å². The first kappa shape index (κ1) is 22.8. The van der Waals surface area contributed by atoms with Gasteiger partial charge in [-0.3, -0.25) is 0 Å². The van der Waals surface area contributed by atoms with Crippen LogP contribution < -0.4 is 11.1 Å². The van der Waals surface area contributed by atoms with E-state index in [0.717, 1.165) is 83.4 Å². The van der Waals surface area contributed by atoms with Gasteiger partial charge >= 0.3 is 0 Å². The number of aromatic amines is 1. The summed E-state index contributed by atoms with van der Waals surface area (Å²) in [7, 11) is 0. The Balaban J connectivity index is 1.69. The normalized spacial score (nSPS) is 11.2. The van der Waals surface area contributed by atoms with Gasteiger partial charge in [-0.05, 0) is 56.1 Å². The summed E-state index contributed by atoms with van der Waals surface area (Å²) in [6, 6.07) is 16.4. The molecule has 0 spiro atoms. The summed E-state index contributed by atoms with van der Waals surface area (Å²) in [6.45, 7) is 5.15. The molecule has 4 rings (SSSR count). The molecule has 0 radical (unpaired) electrons. The molecule has 2 aromatic heterocycles. The van der Waals surface area contributed by atoms with E-state index in [9.17, 15) is 0 Å². The molecule has 0 aliphatic rings. The number of fused-ring (bicyclic) bond motifs is 3. The predicted octanol–water partition coefficient (Wildman–Crippen LogP) is 6.63. The first-order chi connectivity index (χ1) is 16.2. The van der Waals surface area contributed by atoms with Crippen LogP contribution >= 0.6 is 0 Å². The molecule has 0 atom stereocenters. The molecule has 0 fully saturated rings. The molecule has 0 saturated carbocycles. The molecule has 0 aliphatic heterocycles. The highest BCUT2D eigenvalue weighted by Crippen LogP contribution is 2.33. The van der Waals surface area contributed by atoms with Crippen LogP contribution in [0.25, 0.3) is 21.9 Å². The summed E-state index contributed by atoms with van der Waals surface area (Å²) in [5, 5.41) is 4.59. The molecule has 5 nitrogen and oxygen atoms in total. The predicted molar refractivity (Wildman–Crippen MR) is 139 cm³/mol. The molecular weight excluding hydrogens is 406 g/mol. The van der Waals surface area contributed by atoms with Gasteiger partial charge in [0, 0.05) is 29.0 Å². The lowest BCUT2D eigenvalue weighted by molar-refractivity contribution is 0.539. The highest BCUT2D eigenvalue weighted by Gasteiger charge is 2.18. The molecule has 0 unspecified atom stereocenters. The van der Waals surface area contributed by atoms with Crippen molar-refractivity contribution in [2.75, 3.05) is 11.9 Å². The van der Waals surface area contributed by atoms with Gasteiger partial charge in [-0.1, -0.05) is 56.7 Å². The van der Waals surface area contributed by atoms with E-state index in [2.05, 4.69) is 42.1 Å². The molecule has 0 amide bonds. The summed E-state index contributed by atoms with van der Waals surface area (Å²) in [5.74, 6) is 8.68. The van der Waals surface area contributed by atoms with Crippen LogP contribution in [0.2, 0.25) is 0 Å². The number of H-pyrrole nitrogens is 1. The Labute approximate surface area is 196 Å². The fraction of sp³-hybridized carbons (Fsp3) is 0.357. The zero-order valence-corrected chi connectivity index (χ0v) is 19.6. The number of imidazole rings is 1. The van der Waals surface area contributed by atoms with E-state index in [4.69, 9.17) is 15.7 Å². The molecule has 2 aromatic carbocycles. The van der Waals surface area contributed by atoms with Crippen molar-refractivity contribution in [1.82, 2.24) is 15.0 Å². The Morgan fingerprint density at radius 2 is 1.76 bits per heavy atom. The van der Waals surface area contributed by atoms with E-state index in [1.165, 1.54) is 0 Å². The Hall–Kier alpha value is -3.36. The van der Waals surface area contributed by atoms with Gasteiger partial charge in [0.15, 0.2) is 5.82 Å². The highest BCUT2D eigenvalue weighted by atomic mass is 15.0. The van der Waals surface area contributed by atoms with Crippen LogP contribution in [0.3, 0.4) is 0 Å². The topological polar surface area (TPSA) is 79.6 Å². The largest absolute Gasteiger partial charge is 0.339 e. The Bertz CT molecular complexity index is 1250. The summed E-state index contributed by atoms with van der Waals surface area (Å²) in [5.41, 5.74) is 10.4. The van der Waals surface area contributed by atoms with Crippen LogP contribution in [0.4, 0.5) is 11.5 Å². The summed E-state index contributed by atoms with van der Waals surface area (Å²) in [4.78, 5) is 13.6. The first-order valence-corrected chi connectivity index (χ1v) is 12.1. The van der Waals surface area contributed by atoms with E-state index < -0.39 is 0 Å². The minimum Gasteiger partial charge on any atom is -0.339 e. The number of pyridine rings is 1. The quantitative estimate of drug-likeness (QED) is 0.202. The van der Waals surface area contributed by atoms with Gasteiger partial charge in [-0.25, -0.2) is 9.97 Å². The van der Waals surface area contributed by atoms with Crippen molar-refractivity contribution in [2.45, 2.75) is 58.3 Å². The van der Waals surface area contributed by atoms with Crippen molar-refractivity contribution in [1.29, 1.82) is 0 Å². The van der Waals surface area contributed by atoms with E-state index in [1.807, 2.05) is 42.5 Å². The number of para-hydroxylation sites is 1. The van der Waals surface area contributed by atoms with Crippen molar-refractivity contribution in [3.8, 4) is 11.8 Å². The molecule has 170 valence electrons. The van der Waals surface area contributed by atoms with E-state index in [-0.39, 0.29) is 0 Å². The number of benzene rings is 2. The summed E-state index contributed by atoms with van der Waals surface area (Å²) >= 11 is 0. The van der Waals surface area contributed by atoms with Crippen molar-refractivity contribution in [3.63, 3.8) is 0 Å². The van der Waals surface area contributed by atoms with Crippen LogP contribution in [0.5, 0.6) is 0 Å². The highest BCUT2D eigenvalue weighted by molar-refractivity contribution is 6.07. The molecule has 4 N–H and O–H groups in total. The second-order valence-electron chi connectivity index (χ2n) is 8.49. The number of rotatable bonds is 9. The molecule has 2 heterocycles. The minimum atomic E-state index is 0.441. The van der Waals surface area contributed by atoms with Gasteiger partial charge in [0.2, 0.25) is 0 Å². The Morgan fingerprint density at radius 1 is 1.00 bits per heavy atom. The lowest BCUT2D eigenvalue weighted by atomic mass is 9.98. The third kappa shape index (κ3) is 5.35. The third-order valence-corrected chi connectivity index (χ3v) is 5.90. The maximum absolute atomic E-state index is 5.53. The number of aromatic nitrogens is 3. The maximum atomic E-state index is 5.53. The lowest BCUT2D eigenvalue weighted by Crippen LogP contribution is -2.00. The van der Waals surface area contributed by atoms with Gasteiger partial charge in [0.25, 0.3) is 0 Å². The van der Waals surface area contributed by atoms with Gasteiger partial charge in [0.1, 0.15) is 16.9 Å². The monoisotopic (exact) mass is 439 g/mol. The second kappa shape index (κ2) is 11.0. The molecular formula is C28H33N5. The lowest BCUT2D eigenvalue weighted by Gasteiger charge is -2.11. The van der Waals surface area contributed by atoms with Gasteiger partial charge < -0.3 is 16.0 Å². The molecule has 0 aliphatic carbocycles.